The molecule has 0 spiro atoms. The molecule has 140 valence electrons. The SMILES string of the molecule is CC(C)[C@@H](NS(=O)(=O)c1ccc2c(N(Cl)C(=N)N)cncc2c1)C(=O)O. The first kappa shape index (κ1) is 19.9. The van der Waals surface area contributed by atoms with E-state index in [4.69, 9.17) is 22.9 Å². The number of carbonyl (C=O) groups is 1. The molecular weight excluding hydrogens is 382 g/mol. The van der Waals surface area contributed by atoms with Crippen LogP contribution in [-0.2, 0) is 14.8 Å². The predicted molar refractivity (Wildman–Crippen MR) is 98.6 cm³/mol. The topological polar surface area (TPSA) is 149 Å². The van der Waals surface area contributed by atoms with Crippen molar-refractivity contribution in [3.63, 3.8) is 0 Å². The second-order valence-corrected chi connectivity index (χ2v) is 7.94. The molecule has 1 heterocycles. The van der Waals surface area contributed by atoms with Gasteiger partial charge in [0.2, 0.25) is 16.0 Å². The maximum absolute atomic E-state index is 12.5. The highest BCUT2D eigenvalue weighted by molar-refractivity contribution is 7.89. The Labute approximate surface area is 155 Å². The van der Waals surface area contributed by atoms with Gasteiger partial charge in [0.05, 0.1) is 16.8 Å². The Morgan fingerprint density at radius 1 is 1.38 bits per heavy atom. The molecule has 0 saturated heterocycles. The Morgan fingerprint density at radius 3 is 2.58 bits per heavy atom. The summed E-state index contributed by atoms with van der Waals surface area (Å²) in [6, 6.07) is 2.90. The van der Waals surface area contributed by atoms with Crippen LogP contribution < -0.4 is 14.9 Å². The van der Waals surface area contributed by atoms with Gasteiger partial charge in [-0.2, -0.15) is 4.72 Å². The van der Waals surface area contributed by atoms with Gasteiger partial charge in [0.25, 0.3) is 0 Å². The monoisotopic (exact) mass is 399 g/mol. The van der Waals surface area contributed by atoms with E-state index in [0.717, 1.165) is 4.42 Å². The highest BCUT2D eigenvalue weighted by atomic mass is 35.5. The highest BCUT2D eigenvalue weighted by Gasteiger charge is 2.28. The van der Waals surface area contributed by atoms with Crippen molar-refractivity contribution in [2.45, 2.75) is 24.8 Å². The molecule has 2 rings (SSSR count). The van der Waals surface area contributed by atoms with E-state index in [9.17, 15) is 18.3 Å². The van der Waals surface area contributed by atoms with E-state index < -0.39 is 33.9 Å². The lowest BCUT2D eigenvalue weighted by Gasteiger charge is -2.18. The summed E-state index contributed by atoms with van der Waals surface area (Å²) in [6.07, 6.45) is 2.82. The quantitative estimate of drug-likeness (QED) is 0.326. The van der Waals surface area contributed by atoms with Gasteiger partial charge < -0.3 is 10.8 Å². The molecule has 0 fully saturated rings. The Balaban J connectivity index is 2.48. The third-order valence-electron chi connectivity index (χ3n) is 3.66. The van der Waals surface area contributed by atoms with Crippen LogP contribution in [0.4, 0.5) is 5.69 Å². The minimum atomic E-state index is -4.06. The number of aliphatic carboxylic acids is 1. The van der Waals surface area contributed by atoms with Crippen molar-refractivity contribution in [3.05, 3.63) is 30.6 Å². The van der Waals surface area contributed by atoms with Crippen molar-refractivity contribution >= 4 is 50.2 Å². The van der Waals surface area contributed by atoms with Gasteiger partial charge in [0.1, 0.15) is 6.04 Å². The smallest absolute Gasteiger partial charge is 0.322 e. The lowest BCUT2D eigenvalue weighted by atomic mass is 10.1. The number of sulfonamides is 1. The molecule has 11 heteroatoms. The van der Waals surface area contributed by atoms with E-state index in [0.29, 0.717) is 16.5 Å². The van der Waals surface area contributed by atoms with E-state index in [1.807, 2.05) is 0 Å². The zero-order valence-electron chi connectivity index (χ0n) is 14.0. The van der Waals surface area contributed by atoms with Crippen LogP contribution in [0.25, 0.3) is 10.8 Å². The number of anilines is 1. The van der Waals surface area contributed by atoms with Crippen LogP contribution in [0.5, 0.6) is 0 Å². The molecule has 0 radical (unpaired) electrons. The zero-order valence-corrected chi connectivity index (χ0v) is 15.5. The van der Waals surface area contributed by atoms with Crippen molar-refractivity contribution in [3.8, 4) is 0 Å². The molecule has 2 aromatic rings. The van der Waals surface area contributed by atoms with Crippen LogP contribution >= 0.6 is 11.8 Å². The van der Waals surface area contributed by atoms with Gasteiger partial charge in [-0.25, -0.2) is 12.8 Å². The minimum Gasteiger partial charge on any atom is -0.480 e. The van der Waals surface area contributed by atoms with Crippen LogP contribution in [0.3, 0.4) is 0 Å². The van der Waals surface area contributed by atoms with E-state index in [2.05, 4.69) is 9.71 Å². The lowest BCUT2D eigenvalue weighted by molar-refractivity contribution is -0.140. The molecule has 0 saturated carbocycles. The van der Waals surface area contributed by atoms with Crippen molar-refractivity contribution in [1.82, 2.24) is 9.71 Å². The van der Waals surface area contributed by atoms with Crippen molar-refractivity contribution in [1.29, 1.82) is 5.41 Å². The fraction of sp³-hybridized carbons (Fsp3) is 0.267. The van der Waals surface area contributed by atoms with E-state index in [-0.39, 0.29) is 4.90 Å². The maximum Gasteiger partial charge on any atom is 0.322 e. The van der Waals surface area contributed by atoms with Crippen molar-refractivity contribution in [2.24, 2.45) is 11.7 Å². The molecule has 5 N–H and O–H groups in total. The number of hydrogen-bond acceptors (Lipinski definition) is 5. The van der Waals surface area contributed by atoms with Gasteiger partial charge in [-0.15, -0.1) is 0 Å². The van der Waals surface area contributed by atoms with Crippen molar-refractivity contribution in [2.75, 3.05) is 4.42 Å². The van der Waals surface area contributed by atoms with Gasteiger partial charge in [-0.05, 0) is 18.1 Å². The number of fused-ring (bicyclic) bond motifs is 1. The van der Waals surface area contributed by atoms with Gasteiger partial charge in [0, 0.05) is 28.7 Å². The summed E-state index contributed by atoms with van der Waals surface area (Å²) in [5.41, 5.74) is 5.68. The summed E-state index contributed by atoms with van der Waals surface area (Å²) in [5, 5.41) is 17.5. The number of nitrogens with zero attached hydrogens (tertiary/aromatic N) is 2. The summed E-state index contributed by atoms with van der Waals surface area (Å²) in [6.45, 7) is 3.21. The number of aromatic nitrogens is 1. The molecule has 0 aliphatic rings. The summed E-state index contributed by atoms with van der Waals surface area (Å²) in [7, 11) is -4.06. The van der Waals surface area contributed by atoms with Crippen LogP contribution in [0.2, 0.25) is 0 Å². The lowest BCUT2D eigenvalue weighted by Crippen LogP contribution is -2.44. The largest absolute Gasteiger partial charge is 0.480 e. The third kappa shape index (κ3) is 4.03. The number of nitrogens with one attached hydrogen (secondary N) is 2. The van der Waals surface area contributed by atoms with E-state index >= 15 is 0 Å². The number of halogens is 1. The Kier molecular flexibility index (Phi) is 5.69. The molecule has 1 atom stereocenters. The molecule has 0 unspecified atom stereocenters. The van der Waals surface area contributed by atoms with Crippen LogP contribution in [0.15, 0.2) is 35.5 Å². The maximum atomic E-state index is 12.5. The fourth-order valence-corrected chi connectivity index (χ4v) is 3.81. The second kappa shape index (κ2) is 7.44. The Morgan fingerprint density at radius 2 is 2.04 bits per heavy atom. The summed E-state index contributed by atoms with van der Waals surface area (Å²) >= 11 is 5.94. The molecular formula is C15H18ClN5O4S. The molecule has 0 bridgehead atoms. The van der Waals surface area contributed by atoms with Crippen LogP contribution in [0, 0.1) is 11.3 Å². The number of rotatable bonds is 6. The standard InChI is InChI=1S/C15H18ClN5O4S/c1-8(2)13(14(22)23)20-26(24,25)10-3-4-11-9(5-10)6-19-7-12(11)21(16)15(17)18/h3-8,13,20H,1-2H3,(H3,17,18)(H,22,23)/t13-/m1/s1. The normalized spacial score (nSPS) is 12.9. The fourth-order valence-electron chi connectivity index (χ4n) is 2.30. The third-order valence-corrected chi connectivity index (χ3v) is 5.46. The van der Waals surface area contributed by atoms with Gasteiger partial charge in [-0.1, -0.05) is 19.9 Å². The average molecular weight is 400 g/mol. The van der Waals surface area contributed by atoms with Gasteiger partial charge in [-0.3, -0.25) is 15.2 Å². The number of benzene rings is 1. The second-order valence-electron chi connectivity index (χ2n) is 5.89. The molecule has 0 amide bonds. The molecule has 0 aliphatic carbocycles. The average Bonchev–Trinajstić information content (AvgIpc) is 2.57. The summed E-state index contributed by atoms with van der Waals surface area (Å²) in [4.78, 5) is 15.1. The first-order chi connectivity index (χ1) is 12.0. The number of hydrogen-bond donors (Lipinski definition) is 4. The van der Waals surface area contributed by atoms with Gasteiger partial charge >= 0.3 is 5.97 Å². The molecule has 1 aromatic carbocycles. The first-order valence-electron chi connectivity index (χ1n) is 7.47. The number of carboxylic acid groups (broad SMARTS) is 1. The molecule has 1 aromatic heterocycles. The number of nitrogens with two attached hydrogens (primary N) is 1. The van der Waals surface area contributed by atoms with E-state index in [1.54, 1.807) is 13.8 Å². The first-order valence-corrected chi connectivity index (χ1v) is 9.29. The van der Waals surface area contributed by atoms with E-state index in [1.165, 1.54) is 30.6 Å². The number of pyridine rings is 1. The Bertz CT molecular complexity index is 964. The van der Waals surface area contributed by atoms with Gasteiger partial charge in [0.15, 0.2) is 0 Å². The predicted octanol–water partition coefficient (Wildman–Crippen LogP) is 1.48. The zero-order chi connectivity index (χ0) is 19.6. The van der Waals surface area contributed by atoms with Crippen LogP contribution in [-0.4, -0.2) is 36.5 Å². The summed E-state index contributed by atoms with van der Waals surface area (Å²) in [5.74, 6) is -2.11. The Hall–Kier alpha value is -2.43. The summed E-state index contributed by atoms with van der Waals surface area (Å²) < 4.78 is 28.2. The molecule has 9 nitrogen and oxygen atoms in total. The number of carboxylic acids is 1. The van der Waals surface area contributed by atoms with Crippen molar-refractivity contribution < 1.29 is 18.3 Å². The molecule has 0 aliphatic heterocycles. The highest BCUT2D eigenvalue weighted by Crippen LogP contribution is 2.28. The number of guanidine groups is 1. The molecule has 26 heavy (non-hydrogen) atoms. The minimum absolute atomic E-state index is 0.111. The van der Waals surface area contributed by atoms with Crippen LogP contribution in [0.1, 0.15) is 13.8 Å².